The monoisotopic (exact) mass is 263 g/mol. The highest BCUT2D eigenvalue weighted by Crippen LogP contribution is 2.29. The standard InChI is InChI=1S/C15H25N3O/c1-11-7-12(2)15(14(8-11)19-4)17-10-13-9-16-5-6-18(13)3/h7-8,13,16-17H,5-6,9-10H2,1-4H3. The molecule has 2 rings (SSSR count). The van der Waals surface area contributed by atoms with Gasteiger partial charge in [0.05, 0.1) is 12.8 Å². The lowest BCUT2D eigenvalue weighted by Gasteiger charge is -2.33. The van der Waals surface area contributed by atoms with Crippen molar-refractivity contribution < 1.29 is 4.74 Å². The zero-order valence-corrected chi connectivity index (χ0v) is 12.4. The summed E-state index contributed by atoms with van der Waals surface area (Å²) >= 11 is 0. The minimum absolute atomic E-state index is 0.527. The number of likely N-dealkylation sites (N-methyl/N-ethyl adjacent to an activating group) is 1. The number of anilines is 1. The smallest absolute Gasteiger partial charge is 0.142 e. The van der Waals surface area contributed by atoms with Crippen molar-refractivity contribution in [2.75, 3.05) is 45.7 Å². The Morgan fingerprint density at radius 1 is 1.42 bits per heavy atom. The summed E-state index contributed by atoms with van der Waals surface area (Å²) in [5, 5.41) is 6.99. The summed E-state index contributed by atoms with van der Waals surface area (Å²) in [5.74, 6) is 0.934. The zero-order chi connectivity index (χ0) is 13.8. The van der Waals surface area contributed by atoms with Gasteiger partial charge in [-0.3, -0.25) is 4.90 Å². The van der Waals surface area contributed by atoms with Gasteiger partial charge in [0.25, 0.3) is 0 Å². The summed E-state index contributed by atoms with van der Waals surface area (Å²) in [4.78, 5) is 2.40. The summed E-state index contributed by atoms with van der Waals surface area (Å²) in [5.41, 5.74) is 3.59. The van der Waals surface area contributed by atoms with Crippen LogP contribution in [0.2, 0.25) is 0 Å². The number of rotatable bonds is 4. The Hall–Kier alpha value is -1.26. The molecule has 1 aromatic rings. The molecule has 2 N–H and O–H groups in total. The van der Waals surface area contributed by atoms with Gasteiger partial charge in [0.15, 0.2) is 0 Å². The number of hydrogen-bond donors (Lipinski definition) is 2. The maximum absolute atomic E-state index is 5.48. The largest absolute Gasteiger partial charge is 0.495 e. The van der Waals surface area contributed by atoms with Crippen LogP contribution in [0.25, 0.3) is 0 Å². The normalized spacial score (nSPS) is 20.3. The minimum atomic E-state index is 0.527. The molecular formula is C15H25N3O. The van der Waals surface area contributed by atoms with Crippen molar-refractivity contribution >= 4 is 5.69 Å². The van der Waals surface area contributed by atoms with Crippen LogP contribution in [0.4, 0.5) is 5.69 Å². The van der Waals surface area contributed by atoms with Crippen LogP contribution in [-0.2, 0) is 0 Å². The molecule has 1 heterocycles. The number of hydrogen-bond acceptors (Lipinski definition) is 4. The van der Waals surface area contributed by atoms with Gasteiger partial charge in [-0.25, -0.2) is 0 Å². The molecule has 0 aromatic heterocycles. The number of nitrogens with one attached hydrogen (secondary N) is 2. The Bertz CT molecular complexity index is 434. The van der Waals surface area contributed by atoms with E-state index in [0.29, 0.717) is 6.04 Å². The van der Waals surface area contributed by atoms with Crippen LogP contribution in [0.15, 0.2) is 12.1 Å². The number of benzene rings is 1. The summed E-state index contributed by atoms with van der Waals surface area (Å²) in [6.45, 7) is 8.38. The highest BCUT2D eigenvalue weighted by molar-refractivity contribution is 5.63. The Morgan fingerprint density at radius 3 is 2.89 bits per heavy atom. The van der Waals surface area contributed by atoms with E-state index < -0.39 is 0 Å². The van der Waals surface area contributed by atoms with E-state index in [2.05, 4.69) is 48.6 Å². The Balaban J connectivity index is 2.06. The molecule has 1 atom stereocenters. The van der Waals surface area contributed by atoms with Crippen LogP contribution in [0.1, 0.15) is 11.1 Å². The molecule has 1 aliphatic heterocycles. The third-order valence-corrected chi connectivity index (χ3v) is 3.82. The fourth-order valence-corrected chi connectivity index (χ4v) is 2.63. The van der Waals surface area contributed by atoms with Crippen LogP contribution in [0.5, 0.6) is 5.75 Å². The summed E-state index contributed by atoms with van der Waals surface area (Å²) < 4.78 is 5.48. The second-order valence-corrected chi connectivity index (χ2v) is 5.38. The van der Waals surface area contributed by atoms with Gasteiger partial charge in [0.2, 0.25) is 0 Å². The van der Waals surface area contributed by atoms with Crippen LogP contribution in [-0.4, -0.2) is 51.3 Å². The molecule has 1 aliphatic rings. The molecule has 1 fully saturated rings. The maximum Gasteiger partial charge on any atom is 0.142 e. The van der Waals surface area contributed by atoms with Crippen molar-refractivity contribution in [3.8, 4) is 5.75 Å². The van der Waals surface area contributed by atoms with E-state index in [1.807, 2.05) is 0 Å². The van der Waals surface area contributed by atoms with Gasteiger partial charge in [0, 0.05) is 32.2 Å². The van der Waals surface area contributed by atoms with E-state index in [1.54, 1.807) is 7.11 Å². The molecule has 0 bridgehead atoms. The first-order chi connectivity index (χ1) is 9.11. The van der Waals surface area contributed by atoms with E-state index in [0.717, 1.165) is 37.6 Å². The average Bonchev–Trinajstić information content (AvgIpc) is 2.38. The molecule has 0 amide bonds. The molecule has 0 saturated carbocycles. The van der Waals surface area contributed by atoms with Crippen molar-refractivity contribution in [2.24, 2.45) is 0 Å². The summed E-state index contributed by atoms with van der Waals surface area (Å²) in [6, 6.07) is 4.80. The van der Waals surface area contributed by atoms with Crippen molar-refractivity contribution in [3.05, 3.63) is 23.3 Å². The summed E-state index contributed by atoms with van der Waals surface area (Å²) in [7, 11) is 3.92. The van der Waals surface area contributed by atoms with Crippen molar-refractivity contribution in [2.45, 2.75) is 19.9 Å². The van der Waals surface area contributed by atoms with Gasteiger partial charge in [-0.15, -0.1) is 0 Å². The Morgan fingerprint density at radius 2 is 2.21 bits per heavy atom. The van der Waals surface area contributed by atoms with Crippen molar-refractivity contribution in [1.29, 1.82) is 0 Å². The van der Waals surface area contributed by atoms with E-state index in [1.165, 1.54) is 11.1 Å². The molecule has 4 heteroatoms. The van der Waals surface area contributed by atoms with Crippen LogP contribution >= 0.6 is 0 Å². The molecule has 106 valence electrons. The van der Waals surface area contributed by atoms with Gasteiger partial charge in [-0.05, 0) is 38.1 Å². The quantitative estimate of drug-likeness (QED) is 0.865. The van der Waals surface area contributed by atoms with E-state index in [-0.39, 0.29) is 0 Å². The first-order valence-electron chi connectivity index (χ1n) is 6.92. The topological polar surface area (TPSA) is 36.5 Å². The second kappa shape index (κ2) is 6.26. The SMILES string of the molecule is COc1cc(C)cc(C)c1NCC1CNCCN1C. The lowest BCUT2D eigenvalue weighted by atomic mass is 10.1. The van der Waals surface area contributed by atoms with Gasteiger partial charge < -0.3 is 15.4 Å². The third kappa shape index (κ3) is 3.39. The van der Waals surface area contributed by atoms with Crippen LogP contribution in [0.3, 0.4) is 0 Å². The second-order valence-electron chi connectivity index (χ2n) is 5.38. The minimum Gasteiger partial charge on any atom is -0.495 e. The number of piperazine rings is 1. The van der Waals surface area contributed by atoms with Crippen molar-refractivity contribution in [3.63, 3.8) is 0 Å². The molecule has 1 saturated heterocycles. The van der Waals surface area contributed by atoms with Gasteiger partial charge in [0.1, 0.15) is 5.75 Å². The maximum atomic E-state index is 5.48. The number of aryl methyl sites for hydroxylation is 2. The fourth-order valence-electron chi connectivity index (χ4n) is 2.63. The average molecular weight is 263 g/mol. The predicted molar refractivity (Wildman–Crippen MR) is 80.2 cm³/mol. The van der Waals surface area contributed by atoms with E-state index >= 15 is 0 Å². The van der Waals surface area contributed by atoms with Crippen molar-refractivity contribution in [1.82, 2.24) is 10.2 Å². The Labute approximate surface area is 116 Å². The molecule has 19 heavy (non-hydrogen) atoms. The number of nitrogens with zero attached hydrogens (tertiary/aromatic N) is 1. The predicted octanol–water partition coefficient (Wildman–Crippen LogP) is 1.63. The third-order valence-electron chi connectivity index (χ3n) is 3.82. The highest BCUT2D eigenvalue weighted by Gasteiger charge is 2.19. The van der Waals surface area contributed by atoms with Crippen LogP contribution in [0, 0.1) is 13.8 Å². The molecule has 0 aliphatic carbocycles. The highest BCUT2D eigenvalue weighted by atomic mass is 16.5. The van der Waals surface area contributed by atoms with E-state index in [4.69, 9.17) is 4.74 Å². The van der Waals surface area contributed by atoms with E-state index in [9.17, 15) is 0 Å². The molecular weight excluding hydrogens is 238 g/mol. The first-order valence-corrected chi connectivity index (χ1v) is 6.92. The molecule has 0 radical (unpaired) electrons. The van der Waals surface area contributed by atoms with Gasteiger partial charge >= 0.3 is 0 Å². The van der Waals surface area contributed by atoms with Gasteiger partial charge in [-0.2, -0.15) is 0 Å². The Kier molecular flexibility index (Phi) is 4.66. The fraction of sp³-hybridized carbons (Fsp3) is 0.600. The molecule has 1 aromatic carbocycles. The molecule has 1 unspecified atom stereocenters. The zero-order valence-electron chi connectivity index (χ0n) is 12.4. The molecule has 0 spiro atoms. The van der Waals surface area contributed by atoms with Crippen LogP contribution < -0.4 is 15.4 Å². The first kappa shape index (κ1) is 14.2. The molecule has 4 nitrogen and oxygen atoms in total. The lowest BCUT2D eigenvalue weighted by molar-refractivity contribution is 0.209. The van der Waals surface area contributed by atoms with Gasteiger partial charge in [-0.1, -0.05) is 6.07 Å². The number of ether oxygens (including phenoxy) is 1. The summed E-state index contributed by atoms with van der Waals surface area (Å²) in [6.07, 6.45) is 0. The number of methoxy groups -OCH3 is 1. The lowest BCUT2D eigenvalue weighted by Crippen LogP contribution is -2.52.